The monoisotopic (exact) mass is 262 g/mol. The van der Waals surface area contributed by atoms with Gasteiger partial charge in [0.05, 0.1) is 17.7 Å². The Bertz CT molecular complexity index is 466. The fraction of sp³-hybridized carbons (Fsp3) is 0.429. The number of hydrogen-bond acceptors (Lipinski definition) is 4. The minimum Gasteiger partial charge on any atom is -0.481 e. The molecule has 19 heavy (non-hydrogen) atoms. The van der Waals surface area contributed by atoms with Crippen molar-refractivity contribution in [3.05, 3.63) is 29.8 Å². The zero-order valence-corrected chi connectivity index (χ0v) is 11.1. The average Bonchev–Trinajstić information content (AvgIpc) is 2.38. The second-order valence-electron chi connectivity index (χ2n) is 4.33. The number of rotatable bonds is 6. The van der Waals surface area contributed by atoms with E-state index < -0.39 is 12.2 Å². The molecule has 0 spiro atoms. The SMILES string of the molecule is CC(O)CCNC(=O)C(C)Oc1cccc(C#N)c1. The van der Waals surface area contributed by atoms with Gasteiger partial charge in [-0.05, 0) is 38.5 Å². The number of nitrogens with one attached hydrogen (secondary N) is 1. The van der Waals surface area contributed by atoms with Gasteiger partial charge < -0.3 is 15.2 Å². The second kappa shape index (κ2) is 7.39. The van der Waals surface area contributed by atoms with Gasteiger partial charge in [0.25, 0.3) is 5.91 Å². The van der Waals surface area contributed by atoms with E-state index >= 15 is 0 Å². The minimum atomic E-state index is -0.650. The van der Waals surface area contributed by atoms with Crippen LogP contribution in [-0.2, 0) is 4.79 Å². The molecule has 0 fully saturated rings. The molecule has 0 radical (unpaired) electrons. The molecule has 0 heterocycles. The molecule has 2 N–H and O–H groups in total. The molecule has 0 bridgehead atoms. The maximum atomic E-state index is 11.7. The van der Waals surface area contributed by atoms with Gasteiger partial charge in [0, 0.05) is 6.54 Å². The fourth-order valence-electron chi connectivity index (χ4n) is 1.44. The lowest BCUT2D eigenvalue weighted by Gasteiger charge is -2.15. The lowest BCUT2D eigenvalue weighted by atomic mass is 10.2. The molecular formula is C14H18N2O3. The summed E-state index contributed by atoms with van der Waals surface area (Å²) in [7, 11) is 0. The summed E-state index contributed by atoms with van der Waals surface area (Å²) in [6.07, 6.45) is -0.589. The molecule has 1 amide bonds. The largest absolute Gasteiger partial charge is 0.481 e. The summed E-state index contributed by atoms with van der Waals surface area (Å²) in [5.41, 5.74) is 0.485. The molecule has 0 aliphatic rings. The molecule has 5 nitrogen and oxygen atoms in total. The summed E-state index contributed by atoms with van der Waals surface area (Å²) in [6.45, 7) is 3.71. The third-order valence-electron chi connectivity index (χ3n) is 2.51. The summed E-state index contributed by atoms with van der Waals surface area (Å²) in [5, 5.41) is 20.5. The van der Waals surface area contributed by atoms with Crippen LogP contribution in [0.15, 0.2) is 24.3 Å². The number of nitrogens with zero attached hydrogens (tertiary/aromatic N) is 1. The van der Waals surface area contributed by atoms with Gasteiger partial charge in [0.15, 0.2) is 6.10 Å². The van der Waals surface area contributed by atoms with Gasteiger partial charge in [-0.3, -0.25) is 4.79 Å². The van der Waals surface area contributed by atoms with Gasteiger partial charge in [-0.2, -0.15) is 5.26 Å². The first-order chi connectivity index (χ1) is 9.02. The van der Waals surface area contributed by atoms with Crippen LogP contribution in [0.2, 0.25) is 0 Å². The third kappa shape index (κ3) is 5.40. The van der Waals surface area contributed by atoms with Crippen LogP contribution < -0.4 is 10.1 Å². The van der Waals surface area contributed by atoms with Crippen LogP contribution in [-0.4, -0.2) is 29.8 Å². The minimum absolute atomic E-state index is 0.247. The molecule has 5 heteroatoms. The highest BCUT2D eigenvalue weighted by atomic mass is 16.5. The maximum absolute atomic E-state index is 11.7. The quantitative estimate of drug-likeness (QED) is 0.807. The number of hydrogen-bond donors (Lipinski definition) is 2. The van der Waals surface area contributed by atoms with Crippen LogP contribution in [0.4, 0.5) is 0 Å². The van der Waals surface area contributed by atoms with Crippen LogP contribution in [0.5, 0.6) is 5.75 Å². The van der Waals surface area contributed by atoms with Crippen molar-refractivity contribution < 1.29 is 14.6 Å². The summed E-state index contributed by atoms with van der Waals surface area (Å²) in [4.78, 5) is 11.7. The lowest BCUT2D eigenvalue weighted by molar-refractivity contribution is -0.127. The van der Waals surface area contributed by atoms with Crippen molar-refractivity contribution in [1.29, 1.82) is 5.26 Å². The highest BCUT2D eigenvalue weighted by molar-refractivity contribution is 5.80. The molecule has 0 saturated heterocycles. The highest BCUT2D eigenvalue weighted by Gasteiger charge is 2.14. The molecule has 2 atom stereocenters. The normalized spacial score (nSPS) is 13.2. The fourth-order valence-corrected chi connectivity index (χ4v) is 1.44. The van der Waals surface area contributed by atoms with E-state index in [1.165, 1.54) is 0 Å². The maximum Gasteiger partial charge on any atom is 0.260 e. The summed E-state index contributed by atoms with van der Waals surface area (Å²) >= 11 is 0. The van der Waals surface area contributed by atoms with E-state index in [9.17, 15) is 4.79 Å². The Morgan fingerprint density at radius 2 is 2.26 bits per heavy atom. The van der Waals surface area contributed by atoms with Crippen LogP contribution in [0, 0.1) is 11.3 Å². The zero-order chi connectivity index (χ0) is 14.3. The average molecular weight is 262 g/mol. The number of carbonyl (C=O) groups excluding carboxylic acids is 1. The van der Waals surface area contributed by atoms with E-state index in [0.29, 0.717) is 24.3 Å². The Morgan fingerprint density at radius 1 is 1.53 bits per heavy atom. The predicted molar refractivity (Wildman–Crippen MR) is 70.6 cm³/mol. The van der Waals surface area contributed by atoms with Crippen LogP contribution in [0.3, 0.4) is 0 Å². The molecule has 1 aromatic rings. The molecular weight excluding hydrogens is 244 g/mol. The van der Waals surface area contributed by atoms with Crippen LogP contribution in [0.25, 0.3) is 0 Å². The summed E-state index contributed by atoms with van der Waals surface area (Å²) in [5.74, 6) is 0.236. The third-order valence-corrected chi connectivity index (χ3v) is 2.51. The van der Waals surface area contributed by atoms with Gasteiger partial charge in [0.2, 0.25) is 0 Å². The van der Waals surface area contributed by atoms with E-state index in [0.717, 1.165) is 0 Å². The Balaban J connectivity index is 2.47. The van der Waals surface area contributed by atoms with Crippen molar-refractivity contribution in [1.82, 2.24) is 5.32 Å². The Labute approximate surface area is 112 Å². The van der Waals surface area contributed by atoms with E-state index in [-0.39, 0.29) is 5.91 Å². The van der Waals surface area contributed by atoms with Crippen molar-refractivity contribution in [2.75, 3.05) is 6.54 Å². The molecule has 0 aliphatic heterocycles. The van der Waals surface area contributed by atoms with E-state index in [1.807, 2.05) is 6.07 Å². The molecule has 2 unspecified atom stereocenters. The van der Waals surface area contributed by atoms with Crippen molar-refractivity contribution in [3.8, 4) is 11.8 Å². The summed E-state index contributed by atoms with van der Waals surface area (Å²) in [6, 6.07) is 8.65. The van der Waals surface area contributed by atoms with Crippen molar-refractivity contribution in [3.63, 3.8) is 0 Å². The molecule has 1 rings (SSSR count). The molecule has 0 aromatic heterocycles. The first kappa shape index (κ1) is 15.0. The van der Waals surface area contributed by atoms with Crippen molar-refractivity contribution >= 4 is 5.91 Å². The Morgan fingerprint density at radius 3 is 2.89 bits per heavy atom. The number of nitriles is 1. The molecule has 0 saturated carbocycles. The van der Waals surface area contributed by atoms with Crippen molar-refractivity contribution in [2.24, 2.45) is 0 Å². The summed E-state index contributed by atoms with van der Waals surface area (Å²) < 4.78 is 5.45. The topological polar surface area (TPSA) is 82.3 Å². The van der Waals surface area contributed by atoms with Gasteiger partial charge in [-0.15, -0.1) is 0 Å². The van der Waals surface area contributed by atoms with E-state index in [2.05, 4.69) is 5.32 Å². The van der Waals surface area contributed by atoms with Gasteiger partial charge in [-0.1, -0.05) is 6.07 Å². The van der Waals surface area contributed by atoms with Gasteiger partial charge in [0.1, 0.15) is 5.75 Å². The van der Waals surface area contributed by atoms with Crippen molar-refractivity contribution in [2.45, 2.75) is 32.5 Å². The van der Waals surface area contributed by atoms with E-state index in [4.69, 9.17) is 15.1 Å². The number of amides is 1. The van der Waals surface area contributed by atoms with Crippen LogP contribution in [0.1, 0.15) is 25.8 Å². The molecule has 0 aliphatic carbocycles. The van der Waals surface area contributed by atoms with Crippen LogP contribution >= 0.6 is 0 Å². The second-order valence-corrected chi connectivity index (χ2v) is 4.33. The van der Waals surface area contributed by atoms with Gasteiger partial charge in [-0.25, -0.2) is 0 Å². The smallest absolute Gasteiger partial charge is 0.260 e. The predicted octanol–water partition coefficient (Wildman–Crippen LogP) is 1.21. The number of benzene rings is 1. The first-order valence-corrected chi connectivity index (χ1v) is 6.15. The molecule has 102 valence electrons. The Hall–Kier alpha value is -2.06. The first-order valence-electron chi connectivity index (χ1n) is 6.15. The van der Waals surface area contributed by atoms with E-state index in [1.54, 1.807) is 38.1 Å². The number of aliphatic hydroxyl groups is 1. The van der Waals surface area contributed by atoms with Gasteiger partial charge >= 0.3 is 0 Å². The lowest BCUT2D eigenvalue weighted by Crippen LogP contribution is -2.37. The molecule has 1 aromatic carbocycles. The number of ether oxygens (including phenoxy) is 1. The Kier molecular flexibility index (Phi) is 5.83. The highest BCUT2D eigenvalue weighted by Crippen LogP contribution is 2.14. The zero-order valence-electron chi connectivity index (χ0n) is 11.1. The number of carbonyl (C=O) groups is 1. The number of aliphatic hydroxyl groups excluding tert-OH is 1. The standard InChI is InChI=1S/C14H18N2O3/c1-10(17)6-7-16-14(18)11(2)19-13-5-3-4-12(8-13)9-15/h3-5,8,10-11,17H,6-7H2,1-2H3,(H,16,18).